The van der Waals surface area contributed by atoms with E-state index in [2.05, 4.69) is 33.8 Å². The van der Waals surface area contributed by atoms with Crippen molar-refractivity contribution in [3.05, 3.63) is 28.0 Å². The largest absolute Gasteiger partial charge is 0.380 e. The van der Waals surface area contributed by atoms with Gasteiger partial charge in [0.25, 0.3) is 0 Å². The number of hydrogen-bond acceptors (Lipinski definition) is 9. The summed E-state index contributed by atoms with van der Waals surface area (Å²) in [5.74, 6) is 3.14. The number of likely N-dealkylation sites (tertiary alicyclic amines) is 1. The highest BCUT2D eigenvalue weighted by Crippen LogP contribution is 2.42. The average molecular weight is 429 g/mol. The van der Waals surface area contributed by atoms with Crippen LogP contribution in [0.5, 0.6) is 0 Å². The lowest BCUT2D eigenvalue weighted by Gasteiger charge is -2.25. The van der Waals surface area contributed by atoms with Gasteiger partial charge in [0.15, 0.2) is 5.82 Å². The van der Waals surface area contributed by atoms with Gasteiger partial charge in [0.05, 0.1) is 18.0 Å². The van der Waals surface area contributed by atoms with Gasteiger partial charge in [-0.05, 0) is 52.3 Å². The Morgan fingerprint density at radius 3 is 2.63 bits per heavy atom. The molecule has 2 unspecified atom stereocenters. The molecule has 0 spiro atoms. The molecule has 8 nitrogen and oxygen atoms in total. The zero-order chi connectivity index (χ0) is 20.8. The van der Waals surface area contributed by atoms with Crippen molar-refractivity contribution < 1.29 is 9.26 Å². The van der Waals surface area contributed by atoms with Gasteiger partial charge in [0.2, 0.25) is 5.89 Å². The summed E-state index contributed by atoms with van der Waals surface area (Å²) in [6.45, 7) is 9.96. The van der Waals surface area contributed by atoms with Crippen molar-refractivity contribution >= 4 is 27.4 Å². The molecule has 0 bridgehead atoms. The fourth-order valence-corrected chi connectivity index (χ4v) is 5.62. The molecule has 3 aromatic rings. The van der Waals surface area contributed by atoms with E-state index >= 15 is 0 Å². The Morgan fingerprint density at radius 1 is 1.13 bits per heavy atom. The lowest BCUT2D eigenvalue weighted by molar-refractivity contribution is 0.117. The van der Waals surface area contributed by atoms with Crippen molar-refractivity contribution in [2.45, 2.75) is 58.7 Å². The third-order valence-electron chi connectivity index (χ3n) is 6.32. The number of rotatable bonds is 5. The second kappa shape index (κ2) is 7.86. The Balaban J connectivity index is 1.61. The topological polar surface area (TPSA) is 80.4 Å². The average Bonchev–Trinajstić information content (AvgIpc) is 3.50. The van der Waals surface area contributed by atoms with Gasteiger partial charge in [0.1, 0.15) is 22.5 Å². The van der Waals surface area contributed by atoms with Crippen LogP contribution in [-0.2, 0) is 11.3 Å². The molecule has 5 rings (SSSR count). The molecule has 0 aliphatic carbocycles. The molecule has 2 fully saturated rings. The van der Waals surface area contributed by atoms with Crippen LogP contribution < -0.4 is 4.90 Å². The van der Waals surface area contributed by atoms with Crippen LogP contribution in [-0.4, -0.2) is 57.9 Å². The zero-order valence-corrected chi connectivity index (χ0v) is 18.8. The predicted octanol–water partition coefficient (Wildman–Crippen LogP) is 3.56. The molecule has 160 valence electrons. The summed E-state index contributed by atoms with van der Waals surface area (Å²) in [6, 6.07) is -0.0477. The summed E-state index contributed by atoms with van der Waals surface area (Å²) >= 11 is 1.75. The van der Waals surface area contributed by atoms with E-state index in [1.165, 1.54) is 23.3 Å². The van der Waals surface area contributed by atoms with Gasteiger partial charge in [0, 0.05) is 25.0 Å². The van der Waals surface area contributed by atoms with Crippen LogP contribution >= 0.6 is 11.3 Å². The van der Waals surface area contributed by atoms with Gasteiger partial charge in [-0.2, -0.15) is 4.98 Å². The Bertz CT molecular complexity index is 1060. The third-order valence-corrected chi connectivity index (χ3v) is 7.42. The molecule has 2 aliphatic rings. The van der Waals surface area contributed by atoms with Gasteiger partial charge in [-0.1, -0.05) is 5.16 Å². The first-order valence-corrected chi connectivity index (χ1v) is 11.4. The van der Waals surface area contributed by atoms with E-state index in [0.29, 0.717) is 11.7 Å². The van der Waals surface area contributed by atoms with E-state index in [0.717, 1.165) is 54.5 Å². The number of thiophene rings is 1. The molecule has 2 atom stereocenters. The second-order valence-corrected chi connectivity index (χ2v) is 9.55. The minimum atomic E-state index is -0.0477. The number of ether oxygens (including phenoxy) is 1. The van der Waals surface area contributed by atoms with E-state index in [1.807, 2.05) is 6.92 Å². The fourth-order valence-electron chi connectivity index (χ4n) is 4.58. The van der Waals surface area contributed by atoms with Crippen LogP contribution in [0.25, 0.3) is 10.2 Å². The van der Waals surface area contributed by atoms with E-state index in [-0.39, 0.29) is 12.1 Å². The van der Waals surface area contributed by atoms with Crippen molar-refractivity contribution in [2.24, 2.45) is 0 Å². The Hall–Kier alpha value is -2.10. The number of aromatic nitrogens is 4. The van der Waals surface area contributed by atoms with Gasteiger partial charge >= 0.3 is 0 Å². The molecule has 0 saturated carbocycles. The van der Waals surface area contributed by atoms with Crippen molar-refractivity contribution in [1.29, 1.82) is 0 Å². The van der Waals surface area contributed by atoms with Gasteiger partial charge in [-0.15, -0.1) is 11.3 Å². The number of anilines is 1. The molecule has 0 radical (unpaired) electrons. The summed E-state index contributed by atoms with van der Waals surface area (Å²) < 4.78 is 11.3. The maximum Gasteiger partial charge on any atom is 0.249 e. The van der Waals surface area contributed by atoms with Crippen molar-refractivity contribution in [3.63, 3.8) is 0 Å². The molecular formula is C21H28N6O2S. The van der Waals surface area contributed by atoms with E-state index in [9.17, 15) is 0 Å². The van der Waals surface area contributed by atoms with Gasteiger partial charge in [-0.25, -0.2) is 9.97 Å². The third kappa shape index (κ3) is 3.48. The molecule has 2 saturated heterocycles. The van der Waals surface area contributed by atoms with Crippen LogP contribution in [0, 0.1) is 20.8 Å². The lowest BCUT2D eigenvalue weighted by atomic mass is 10.1. The summed E-state index contributed by atoms with van der Waals surface area (Å²) in [4.78, 5) is 21.7. The first-order valence-electron chi connectivity index (χ1n) is 10.6. The Kier molecular flexibility index (Phi) is 5.20. The van der Waals surface area contributed by atoms with E-state index in [4.69, 9.17) is 19.2 Å². The zero-order valence-electron chi connectivity index (χ0n) is 18.0. The van der Waals surface area contributed by atoms with E-state index in [1.54, 1.807) is 18.4 Å². The molecule has 0 amide bonds. The van der Waals surface area contributed by atoms with Gasteiger partial charge in [-0.3, -0.25) is 4.90 Å². The first kappa shape index (κ1) is 19.8. The highest BCUT2D eigenvalue weighted by Gasteiger charge is 2.39. The standard InChI is InChI=1S/C21H28N6O2S/c1-12-13(2)30-21-18(12)19(23-17(24-21)11-26-7-5-6-8-26)27-10-15(28-4)9-16(27)20-22-14(3)25-29-20/h15-16H,5-11H2,1-4H3. The van der Waals surface area contributed by atoms with E-state index < -0.39 is 0 Å². The summed E-state index contributed by atoms with van der Waals surface area (Å²) in [5.41, 5.74) is 1.25. The maximum absolute atomic E-state index is 5.73. The fraction of sp³-hybridized carbons (Fsp3) is 0.619. The quantitative estimate of drug-likeness (QED) is 0.610. The Morgan fingerprint density at radius 2 is 1.93 bits per heavy atom. The van der Waals surface area contributed by atoms with Crippen LogP contribution in [0.2, 0.25) is 0 Å². The highest BCUT2D eigenvalue weighted by atomic mass is 32.1. The molecule has 3 aromatic heterocycles. The monoisotopic (exact) mass is 428 g/mol. The minimum absolute atomic E-state index is 0.0477. The van der Waals surface area contributed by atoms with Crippen LogP contribution in [0.3, 0.4) is 0 Å². The van der Waals surface area contributed by atoms with Gasteiger partial charge < -0.3 is 14.2 Å². The summed E-state index contributed by atoms with van der Waals surface area (Å²) in [6.07, 6.45) is 3.40. The first-order chi connectivity index (χ1) is 14.5. The predicted molar refractivity (Wildman–Crippen MR) is 116 cm³/mol. The normalized spacial score (nSPS) is 22.6. The highest BCUT2D eigenvalue weighted by molar-refractivity contribution is 7.18. The van der Waals surface area contributed by atoms with Crippen molar-refractivity contribution in [3.8, 4) is 0 Å². The molecule has 0 N–H and O–H groups in total. The minimum Gasteiger partial charge on any atom is -0.380 e. The molecular weight excluding hydrogens is 400 g/mol. The smallest absolute Gasteiger partial charge is 0.249 e. The number of fused-ring (bicyclic) bond motifs is 1. The number of aryl methyl sites for hydroxylation is 3. The molecule has 2 aliphatic heterocycles. The SMILES string of the molecule is COC1CC(c2nc(C)no2)N(c2nc(CN3CCCC3)nc3sc(C)c(C)c23)C1. The summed E-state index contributed by atoms with van der Waals surface area (Å²) in [5, 5.41) is 5.16. The number of nitrogens with zero attached hydrogens (tertiary/aromatic N) is 6. The number of methoxy groups -OCH3 is 1. The lowest BCUT2D eigenvalue weighted by Crippen LogP contribution is -2.27. The molecule has 5 heterocycles. The molecule has 9 heteroatoms. The molecule has 30 heavy (non-hydrogen) atoms. The van der Waals surface area contributed by atoms with Crippen LogP contribution in [0.15, 0.2) is 4.52 Å². The number of hydrogen-bond donors (Lipinski definition) is 0. The second-order valence-electron chi connectivity index (χ2n) is 8.35. The van der Waals surface area contributed by atoms with Crippen LogP contribution in [0.1, 0.15) is 53.3 Å². The Labute approximate surface area is 180 Å². The maximum atomic E-state index is 5.73. The van der Waals surface area contributed by atoms with Crippen molar-refractivity contribution in [1.82, 2.24) is 25.0 Å². The molecule has 0 aromatic carbocycles. The van der Waals surface area contributed by atoms with Crippen LogP contribution in [0.4, 0.5) is 5.82 Å². The summed E-state index contributed by atoms with van der Waals surface area (Å²) in [7, 11) is 1.76. The van der Waals surface area contributed by atoms with Crippen molar-refractivity contribution in [2.75, 3.05) is 31.6 Å².